The summed E-state index contributed by atoms with van der Waals surface area (Å²) in [4.78, 5) is 0. The molecule has 1 aromatic rings. The lowest BCUT2D eigenvalue weighted by molar-refractivity contribution is 0.410. The maximum atomic E-state index is 5.36. The van der Waals surface area contributed by atoms with Crippen LogP contribution in [0.25, 0.3) is 0 Å². The fourth-order valence-corrected chi connectivity index (χ4v) is 5.01. The molecule has 0 saturated heterocycles. The van der Waals surface area contributed by atoms with Crippen molar-refractivity contribution in [2.45, 2.75) is 135 Å². The Hall–Kier alpha value is -1.02. The van der Waals surface area contributed by atoms with Crippen molar-refractivity contribution in [2.24, 2.45) is 0 Å². The van der Waals surface area contributed by atoms with Crippen LogP contribution in [0, 0.1) is 0 Å². The molecule has 0 spiro atoms. The molecule has 178 valence electrons. The van der Waals surface area contributed by atoms with Crippen LogP contribution >= 0.6 is 0 Å². The molecule has 1 unspecified atom stereocenters. The lowest BCUT2D eigenvalue weighted by Crippen LogP contribution is -2.35. The van der Waals surface area contributed by atoms with Gasteiger partial charge in [-0.3, -0.25) is 0 Å². The van der Waals surface area contributed by atoms with Gasteiger partial charge in [-0.05, 0) is 55.5 Å². The third-order valence-corrected chi connectivity index (χ3v) is 7.11. The zero-order valence-corrected chi connectivity index (χ0v) is 20.9. The van der Waals surface area contributed by atoms with Gasteiger partial charge in [-0.15, -0.1) is 0 Å². The van der Waals surface area contributed by atoms with Gasteiger partial charge < -0.3 is 10.1 Å². The van der Waals surface area contributed by atoms with E-state index in [0.717, 1.165) is 5.75 Å². The lowest BCUT2D eigenvalue weighted by Gasteiger charge is -2.26. The molecular formula is C29H51NO. The van der Waals surface area contributed by atoms with Gasteiger partial charge >= 0.3 is 0 Å². The average Bonchev–Trinajstić information content (AvgIpc) is 2.80. The van der Waals surface area contributed by atoms with Crippen molar-refractivity contribution in [2.75, 3.05) is 13.7 Å². The molecule has 0 heterocycles. The Morgan fingerprint density at radius 2 is 1.29 bits per heavy atom. The van der Waals surface area contributed by atoms with E-state index in [-0.39, 0.29) is 0 Å². The minimum absolute atomic E-state index is 0.664. The number of aryl methyl sites for hydroxylation is 1. The summed E-state index contributed by atoms with van der Waals surface area (Å²) in [5, 5.41) is 3.81. The molecule has 0 aromatic heterocycles. The molecule has 2 rings (SSSR count). The highest BCUT2D eigenvalue weighted by Gasteiger charge is 2.18. The second-order valence-corrected chi connectivity index (χ2v) is 9.83. The Morgan fingerprint density at radius 3 is 1.84 bits per heavy atom. The van der Waals surface area contributed by atoms with Crippen LogP contribution in [0.2, 0.25) is 0 Å². The van der Waals surface area contributed by atoms with Crippen molar-refractivity contribution in [3.05, 3.63) is 29.3 Å². The smallest absolute Gasteiger partial charge is 0.119 e. The molecule has 0 bridgehead atoms. The molecular weight excluding hydrogens is 378 g/mol. The van der Waals surface area contributed by atoms with Gasteiger partial charge in [-0.25, -0.2) is 0 Å². The van der Waals surface area contributed by atoms with Gasteiger partial charge in [0.05, 0.1) is 7.11 Å². The van der Waals surface area contributed by atoms with Crippen LogP contribution in [0.3, 0.4) is 0 Å². The van der Waals surface area contributed by atoms with E-state index in [2.05, 4.69) is 30.4 Å². The van der Waals surface area contributed by atoms with Crippen LogP contribution < -0.4 is 10.1 Å². The maximum Gasteiger partial charge on any atom is 0.119 e. The van der Waals surface area contributed by atoms with Crippen LogP contribution in [0.5, 0.6) is 5.75 Å². The quantitative estimate of drug-likeness (QED) is 0.223. The molecule has 1 atom stereocenters. The Kier molecular flexibility index (Phi) is 14.8. The molecule has 1 aliphatic carbocycles. The molecule has 0 aliphatic heterocycles. The zero-order valence-electron chi connectivity index (χ0n) is 20.9. The van der Waals surface area contributed by atoms with Crippen molar-refractivity contribution in [1.82, 2.24) is 5.32 Å². The maximum absolute atomic E-state index is 5.36. The predicted molar refractivity (Wildman–Crippen MR) is 136 cm³/mol. The van der Waals surface area contributed by atoms with Gasteiger partial charge in [0.2, 0.25) is 0 Å². The predicted octanol–water partition coefficient (Wildman–Crippen LogP) is 8.40. The standard InChI is InChI=1S/C29H51NO/c1-3-4-5-6-7-8-9-10-11-12-13-14-15-16-17-18-23-30-28-21-19-27-25-29(31-2)22-20-26(27)24-28/h20,22,25,28,30H,3-19,21,23-24H2,1-2H3. The number of nitrogens with one attached hydrogen (secondary N) is 1. The second-order valence-electron chi connectivity index (χ2n) is 9.83. The van der Waals surface area contributed by atoms with Gasteiger partial charge in [-0.2, -0.15) is 0 Å². The van der Waals surface area contributed by atoms with Crippen LogP contribution in [0.1, 0.15) is 127 Å². The van der Waals surface area contributed by atoms with Crippen molar-refractivity contribution < 1.29 is 4.74 Å². The third kappa shape index (κ3) is 12.0. The molecule has 0 saturated carbocycles. The average molecular weight is 430 g/mol. The molecule has 31 heavy (non-hydrogen) atoms. The van der Waals surface area contributed by atoms with Crippen LogP contribution in [0.15, 0.2) is 18.2 Å². The third-order valence-electron chi connectivity index (χ3n) is 7.11. The summed E-state index contributed by atoms with van der Waals surface area (Å²) in [5.41, 5.74) is 3.00. The monoisotopic (exact) mass is 429 g/mol. The first-order valence-electron chi connectivity index (χ1n) is 13.7. The first-order valence-corrected chi connectivity index (χ1v) is 13.7. The first kappa shape index (κ1) is 26.2. The summed E-state index contributed by atoms with van der Waals surface area (Å²) in [7, 11) is 1.76. The molecule has 1 aliphatic rings. The van der Waals surface area contributed by atoms with Gasteiger partial charge in [0, 0.05) is 6.04 Å². The lowest BCUT2D eigenvalue weighted by atomic mass is 9.88. The number of hydrogen-bond acceptors (Lipinski definition) is 2. The minimum Gasteiger partial charge on any atom is -0.497 e. The summed E-state index contributed by atoms with van der Waals surface area (Å²) in [6.07, 6.45) is 26.7. The van der Waals surface area contributed by atoms with Crippen molar-refractivity contribution >= 4 is 0 Å². The highest BCUT2D eigenvalue weighted by Crippen LogP contribution is 2.25. The summed E-state index contributed by atoms with van der Waals surface area (Å²) in [5.74, 6) is 0.998. The fraction of sp³-hybridized carbons (Fsp3) is 0.793. The van der Waals surface area contributed by atoms with Crippen LogP contribution in [-0.4, -0.2) is 19.7 Å². The van der Waals surface area contributed by atoms with Gasteiger partial charge in [-0.1, -0.05) is 109 Å². The number of rotatable bonds is 19. The Labute approximate surface area is 193 Å². The van der Waals surface area contributed by atoms with E-state index in [0.29, 0.717) is 6.04 Å². The van der Waals surface area contributed by atoms with E-state index >= 15 is 0 Å². The molecule has 2 heteroatoms. The fourth-order valence-electron chi connectivity index (χ4n) is 5.01. The number of hydrogen-bond donors (Lipinski definition) is 1. The Morgan fingerprint density at radius 1 is 0.742 bits per heavy atom. The Bertz CT molecular complexity index is 556. The summed E-state index contributed by atoms with van der Waals surface area (Å²) in [6, 6.07) is 7.26. The van der Waals surface area contributed by atoms with Gasteiger partial charge in [0.25, 0.3) is 0 Å². The largest absolute Gasteiger partial charge is 0.497 e. The number of fused-ring (bicyclic) bond motifs is 1. The number of ether oxygens (including phenoxy) is 1. The summed E-state index contributed by atoms with van der Waals surface area (Å²) in [6.45, 7) is 3.49. The minimum atomic E-state index is 0.664. The van der Waals surface area contributed by atoms with Crippen molar-refractivity contribution in [3.63, 3.8) is 0 Å². The van der Waals surface area contributed by atoms with E-state index in [1.807, 2.05) is 0 Å². The zero-order chi connectivity index (χ0) is 22.0. The first-order chi connectivity index (χ1) is 15.3. The second kappa shape index (κ2) is 17.5. The number of unbranched alkanes of at least 4 members (excludes halogenated alkanes) is 15. The highest BCUT2D eigenvalue weighted by molar-refractivity contribution is 5.37. The van der Waals surface area contributed by atoms with Crippen molar-refractivity contribution in [1.29, 1.82) is 0 Å². The molecule has 1 N–H and O–H groups in total. The van der Waals surface area contributed by atoms with E-state index in [1.165, 1.54) is 140 Å². The van der Waals surface area contributed by atoms with E-state index in [9.17, 15) is 0 Å². The molecule has 0 fully saturated rings. The van der Waals surface area contributed by atoms with Gasteiger partial charge in [0.1, 0.15) is 5.75 Å². The summed E-state index contributed by atoms with van der Waals surface area (Å²) < 4.78 is 5.36. The molecule has 0 radical (unpaired) electrons. The van der Waals surface area contributed by atoms with E-state index < -0.39 is 0 Å². The topological polar surface area (TPSA) is 21.3 Å². The molecule has 2 nitrogen and oxygen atoms in total. The molecule has 1 aromatic carbocycles. The van der Waals surface area contributed by atoms with E-state index in [4.69, 9.17) is 4.74 Å². The summed E-state index contributed by atoms with van der Waals surface area (Å²) >= 11 is 0. The normalized spacial score (nSPS) is 15.7. The SMILES string of the molecule is CCCCCCCCCCCCCCCCCCNC1CCc2cc(OC)ccc2C1. The van der Waals surface area contributed by atoms with Gasteiger partial charge in [0.15, 0.2) is 0 Å². The van der Waals surface area contributed by atoms with Crippen LogP contribution in [-0.2, 0) is 12.8 Å². The van der Waals surface area contributed by atoms with E-state index in [1.54, 1.807) is 7.11 Å². The number of methoxy groups -OCH3 is 1. The van der Waals surface area contributed by atoms with Crippen LogP contribution in [0.4, 0.5) is 0 Å². The molecule has 0 amide bonds. The number of benzene rings is 1. The highest BCUT2D eigenvalue weighted by atomic mass is 16.5. The van der Waals surface area contributed by atoms with Crippen molar-refractivity contribution in [3.8, 4) is 5.75 Å². The Balaban J connectivity index is 1.33.